The van der Waals surface area contributed by atoms with Crippen LogP contribution < -0.4 is 14.8 Å². The summed E-state index contributed by atoms with van der Waals surface area (Å²) in [6, 6.07) is 5.79. The third-order valence-electron chi connectivity index (χ3n) is 4.54. The maximum Gasteiger partial charge on any atom is 0.258 e. The second kappa shape index (κ2) is 6.06. The van der Waals surface area contributed by atoms with Crippen molar-refractivity contribution in [1.29, 1.82) is 0 Å². The minimum atomic E-state index is -0.238. The van der Waals surface area contributed by atoms with Crippen LogP contribution in [0.15, 0.2) is 18.2 Å². The molecule has 7 heteroatoms. The smallest absolute Gasteiger partial charge is 0.258 e. The lowest BCUT2D eigenvalue weighted by Gasteiger charge is -2.18. The molecule has 7 nitrogen and oxygen atoms in total. The molecule has 3 heterocycles. The predicted octanol–water partition coefficient (Wildman–Crippen LogP) is 1.63. The van der Waals surface area contributed by atoms with E-state index in [-0.39, 0.29) is 18.1 Å². The third-order valence-corrected chi connectivity index (χ3v) is 4.54. The fourth-order valence-electron chi connectivity index (χ4n) is 3.41. The maximum atomic E-state index is 12.1. The van der Waals surface area contributed by atoms with E-state index in [0.29, 0.717) is 12.3 Å². The first-order valence-electron chi connectivity index (χ1n) is 8.63. The van der Waals surface area contributed by atoms with Crippen molar-refractivity contribution in [2.24, 2.45) is 0 Å². The average Bonchev–Trinajstić information content (AvgIpc) is 3.23. The summed E-state index contributed by atoms with van der Waals surface area (Å²) in [4.78, 5) is 12.1. The SMILES string of the molecule is CC1(C)Cc2cccc(OCC(=O)NCc3nnc4n3CCC4)c2O1. The molecule has 0 saturated heterocycles. The van der Waals surface area contributed by atoms with Crippen LogP contribution in [-0.4, -0.2) is 32.9 Å². The van der Waals surface area contributed by atoms with Gasteiger partial charge in [0.2, 0.25) is 0 Å². The van der Waals surface area contributed by atoms with Crippen LogP contribution in [0.5, 0.6) is 11.5 Å². The predicted molar refractivity (Wildman–Crippen MR) is 90.5 cm³/mol. The second-order valence-corrected chi connectivity index (χ2v) is 7.14. The van der Waals surface area contributed by atoms with Crippen molar-refractivity contribution >= 4 is 5.91 Å². The van der Waals surface area contributed by atoms with Crippen molar-refractivity contribution in [3.8, 4) is 11.5 Å². The van der Waals surface area contributed by atoms with Gasteiger partial charge in [0.05, 0.1) is 6.54 Å². The second-order valence-electron chi connectivity index (χ2n) is 7.14. The van der Waals surface area contributed by atoms with Gasteiger partial charge in [-0.25, -0.2) is 0 Å². The molecule has 0 bridgehead atoms. The van der Waals surface area contributed by atoms with Crippen LogP contribution in [-0.2, 0) is 30.7 Å². The minimum Gasteiger partial charge on any atom is -0.483 e. The molecule has 0 radical (unpaired) electrons. The Balaban J connectivity index is 1.33. The summed E-state index contributed by atoms with van der Waals surface area (Å²) >= 11 is 0. The van der Waals surface area contributed by atoms with Gasteiger partial charge in [0.1, 0.15) is 11.4 Å². The zero-order chi connectivity index (χ0) is 17.4. The molecular weight excluding hydrogens is 320 g/mol. The Kier molecular flexibility index (Phi) is 3.86. The number of para-hydroxylation sites is 1. The largest absolute Gasteiger partial charge is 0.483 e. The van der Waals surface area contributed by atoms with Crippen molar-refractivity contribution in [2.75, 3.05) is 6.61 Å². The van der Waals surface area contributed by atoms with Crippen molar-refractivity contribution < 1.29 is 14.3 Å². The van der Waals surface area contributed by atoms with Gasteiger partial charge in [-0.3, -0.25) is 4.79 Å². The van der Waals surface area contributed by atoms with E-state index < -0.39 is 0 Å². The lowest BCUT2D eigenvalue weighted by Crippen LogP contribution is -2.29. The molecule has 0 aliphatic carbocycles. The maximum absolute atomic E-state index is 12.1. The Hall–Kier alpha value is -2.57. The number of fused-ring (bicyclic) bond motifs is 2. The lowest BCUT2D eigenvalue weighted by atomic mass is 10.0. The van der Waals surface area contributed by atoms with E-state index in [9.17, 15) is 4.79 Å². The highest BCUT2D eigenvalue weighted by atomic mass is 16.5. The summed E-state index contributed by atoms with van der Waals surface area (Å²) in [5, 5.41) is 11.1. The zero-order valence-corrected chi connectivity index (χ0v) is 14.5. The number of carbonyl (C=O) groups is 1. The summed E-state index contributed by atoms with van der Waals surface area (Å²) in [5.41, 5.74) is 0.875. The normalized spacial score (nSPS) is 16.9. The van der Waals surface area contributed by atoms with Gasteiger partial charge in [-0.05, 0) is 26.3 Å². The van der Waals surface area contributed by atoms with Crippen LogP contribution in [0.3, 0.4) is 0 Å². The van der Waals surface area contributed by atoms with E-state index in [1.165, 1.54) is 0 Å². The van der Waals surface area contributed by atoms with E-state index in [4.69, 9.17) is 9.47 Å². The van der Waals surface area contributed by atoms with Gasteiger partial charge in [-0.2, -0.15) is 0 Å². The molecule has 0 spiro atoms. The highest BCUT2D eigenvalue weighted by Crippen LogP contribution is 2.41. The molecule has 0 fully saturated rings. The number of amides is 1. The fraction of sp³-hybridized carbons (Fsp3) is 0.500. The number of hydrogen-bond donors (Lipinski definition) is 1. The number of hydrogen-bond acceptors (Lipinski definition) is 5. The first-order chi connectivity index (χ1) is 12.0. The molecule has 2 aliphatic heterocycles. The monoisotopic (exact) mass is 342 g/mol. The third kappa shape index (κ3) is 3.18. The summed E-state index contributed by atoms with van der Waals surface area (Å²) in [6.07, 6.45) is 2.88. The van der Waals surface area contributed by atoms with Crippen LogP contribution in [0.25, 0.3) is 0 Å². The number of carbonyl (C=O) groups excluding carboxylic acids is 1. The molecule has 2 aromatic rings. The van der Waals surface area contributed by atoms with Crippen molar-refractivity contribution in [1.82, 2.24) is 20.1 Å². The standard InChI is InChI=1S/C18H22N4O3/c1-18(2)9-12-5-3-6-13(17(12)25-18)24-11-16(23)19-10-15-21-20-14-7-4-8-22(14)15/h3,5-6H,4,7-11H2,1-2H3,(H,19,23). The minimum absolute atomic E-state index is 0.0543. The molecular formula is C18H22N4O3. The number of aromatic nitrogens is 3. The fourth-order valence-corrected chi connectivity index (χ4v) is 3.41. The van der Waals surface area contributed by atoms with Gasteiger partial charge in [0, 0.05) is 24.9 Å². The molecule has 1 aromatic carbocycles. The van der Waals surface area contributed by atoms with E-state index in [2.05, 4.69) is 20.1 Å². The number of rotatable bonds is 5. The number of nitrogens with zero attached hydrogens (tertiary/aromatic N) is 3. The molecule has 2 aliphatic rings. The Bertz CT molecular complexity index is 813. The van der Waals surface area contributed by atoms with Gasteiger partial charge >= 0.3 is 0 Å². The zero-order valence-electron chi connectivity index (χ0n) is 14.5. The highest BCUT2D eigenvalue weighted by molar-refractivity contribution is 5.77. The Morgan fingerprint density at radius 3 is 3.16 bits per heavy atom. The van der Waals surface area contributed by atoms with Crippen LogP contribution in [0.1, 0.15) is 37.5 Å². The Morgan fingerprint density at radius 2 is 2.28 bits per heavy atom. The summed E-state index contributed by atoms with van der Waals surface area (Å²) in [5.74, 6) is 2.97. The molecule has 0 unspecified atom stereocenters. The first-order valence-corrected chi connectivity index (χ1v) is 8.63. The van der Waals surface area contributed by atoms with E-state index in [1.54, 1.807) is 0 Å². The van der Waals surface area contributed by atoms with Gasteiger partial charge in [-0.15, -0.1) is 10.2 Å². The summed E-state index contributed by atoms with van der Waals surface area (Å²) in [6.45, 7) is 5.32. The molecule has 1 amide bonds. The van der Waals surface area contributed by atoms with Gasteiger partial charge in [0.15, 0.2) is 23.9 Å². The molecule has 0 atom stereocenters. The molecule has 1 aromatic heterocycles. The Morgan fingerprint density at radius 1 is 1.40 bits per heavy atom. The van der Waals surface area contributed by atoms with Crippen molar-refractivity contribution in [3.63, 3.8) is 0 Å². The number of benzene rings is 1. The molecule has 25 heavy (non-hydrogen) atoms. The summed E-state index contributed by atoms with van der Waals surface area (Å²) in [7, 11) is 0. The van der Waals surface area contributed by atoms with Gasteiger partial charge < -0.3 is 19.4 Å². The number of aryl methyl sites for hydroxylation is 1. The topological polar surface area (TPSA) is 78.3 Å². The Labute approximate surface area is 146 Å². The van der Waals surface area contributed by atoms with E-state index in [0.717, 1.165) is 48.8 Å². The molecule has 132 valence electrons. The first kappa shape index (κ1) is 15.9. The molecule has 4 rings (SSSR count). The van der Waals surface area contributed by atoms with Crippen LogP contribution in [0.4, 0.5) is 0 Å². The number of nitrogens with one attached hydrogen (secondary N) is 1. The van der Waals surface area contributed by atoms with Crippen molar-refractivity contribution in [2.45, 2.75) is 51.8 Å². The molecule has 1 N–H and O–H groups in total. The van der Waals surface area contributed by atoms with E-state index in [1.807, 2.05) is 32.0 Å². The van der Waals surface area contributed by atoms with Gasteiger partial charge in [-0.1, -0.05) is 12.1 Å². The molecule has 0 saturated carbocycles. The van der Waals surface area contributed by atoms with Crippen LogP contribution >= 0.6 is 0 Å². The van der Waals surface area contributed by atoms with Gasteiger partial charge in [0.25, 0.3) is 5.91 Å². The highest BCUT2D eigenvalue weighted by Gasteiger charge is 2.32. The van der Waals surface area contributed by atoms with Crippen molar-refractivity contribution in [3.05, 3.63) is 35.4 Å². The quantitative estimate of drug-likeness (QED) is 0.894. The number of ether oxygens (including phenoxy) is 2. The van der Waals surface area contributed by atoms with Crippen LogP contribution in [0.2, 0.25) is 0 Å². The van der Waals surface area contributed by atoms with E-state index >= 15 is 0 Å². The van der Waals surface area contributed by atoms with Crippen LogP contribution in [0, 0.1) is 0 Å². The lowest BCUT2D eigenvalue weighted by molar-refractivity contribution is -0.123. The average molecular weight is 342 g/mol. The summed E-state index contributed by atoms with van der Waals surface area (Å²) < 4.78 is 13.7.